The molecule has 0 bridgehead atoms. The molecule has 0 aromatic rings. The van der Waals surface area contributed by atoms with Gasteiger partial charge in [-0.15, -0.1) is 0 Å². The highest BCUT2D eigenvalue weighted by Gasteiger charge is 2.53. The normalized spacial score (nSPS) is 27.2. The van der Waals surface area contributed by atoms with Crippen molar-refractivity contribution in [3.63, 3.8) is 0 Å². The van der Waals surface area contributed by atoms with Gasteiger partial charge in [0.2, 0.25) is 5.91 Å². The van der Waals surface area contributed by atoms with Gasteiger partial charge >= 0.3 is 0 Å². The molecule has 562 valence electrons. The molecule has 0 aliphatic carbocycles. The molecule has 3 aliphatic heterocycles. The van der Waals surface area contributed by atoms with E-state index in [9.17, 15) is 61.0 Å². The number of amides is 1. The molecule has 0 aromatic carbocycles. The lowest BCUT2D eigenvalue weighted by Crippen LogP contribution is -2.66. The fourth-order valence-electron chi connectivity index (χ4n) is 13.7. The maximum Gasteiger partial charge on any atom is 0.220 e. The van der Waals surface area contributed by atoms with E-state index in [1.807, 2.05) is 6.08 Å². The van der Waals surface area contributed by atoms with E-state index in [0.29, 0.717) is 6.42 Å². The zero-order valence-corrected chi connectivity index (χ0v) is 59.9. The van der Waals surface area contributed by atoms with Gasteiger partial charge in [0.05, 0.1) is 38.6 Å². The molecule has 3 heterocycles. The van der Waals surface area contributed by atoms with E-state index >= 15 is 0 Å². The van der Waals surface area contributed by atoms with Crippen LogP contribution in [0.3, 0.4) is 0 Å². The highest BCUT2D eigenvalue weighted by atomic mass is 16.8. The van der Waals surface area contributed by atoms with Crippen molar-refractivity contribution in [2.24, 2.45) is 0 Å². The highest BCUT2D eigenvalue weighted by Crippen LogP contribution is 2.33. The summed E-state index contributed by atoms with van der Waals surface area (Å²) in [4.78, 5) is 13.4. The van der Waals surface area contributed by atoms with Crippen LogP contribution in [0.2, 0.25) is 0 Å². The van der Waals surface area contributed by atoms with E-state index in [2.05, 4.69) is 19.2 Å². The van der Waals surface area contributed by atoms with Gasteiger partial charge in [-0.2, -0.15) is 0 Å². The molecule has 19 heteroatoms. The number of carbonyl (C=O) groups excluding carboxylic acids is 1. The van der Waals surface area contributed by atoms with E-state index < -0.39 is 124 Å². The van der Waals surface area contributed by atoms with Crippen molar-refractivity contribution in [2.45, 2.75) is 439 Å². The second-order valence-corrected chi connectivity index (χ2v) is 28.5. The van der Waals surface area contributed by atoms with Crippen LogP contribution in [0.4, 0.5) is 0 Å². The maximum atomic E-state index is 13.4. The van der Waals surface area contributed by atoms with Crippen LogP contribution in [-0.4, -0.2) is 193 Å². The van der Waals surface area contributed by atoms with Crippen LogP contribution in [0.15, 0.2) is 12.2 Å². The van der Waals surface area contributed by atoms with Crippen molar-refractivity contribution in [3.8, 4) is 0 Å². The molecule has 1 amide bonds. The summed E-state index contributed by atoms with van der Waals surface area (Å²) in [5.41, 5.74) is 0. The Morgan fingerprint density at radius 1 is 0.368 bits per heavy atom. The third kappa shape index (κ3) is 39.0. The van der Waals surface area contributed by atoms with Gasteiger partial charge in [-0.25, -0.2) is 0 Å². The van der Waals surface area contributed by atoms with E-state index in [4.69, 9.17) is 28.4 Å². The predicted octanol–water partition coefficient (Wildman–Crippen LogP) is 12.4. The van der Waals surface area contributed by atoms with E-state index in [1.54, 1.807) is 6.08 Å². The van der Waals surface area contributed by atoms with Gasteiger partial charge in [-0.05, 0) is 19.3 Å². The molecular weight excluding hydrogens is 1210 g/mol. The van der Waals surface area contributed by atoms with Gasteiger partial charge in [0.25, 0.3) is 0 Å². The van der Waals surface area contributed by atoms with Crippen LogP contribution in [0.25, 0.3) is 0 Å². The molecule has 0 radical (unpaired) electrons. The Bertz CT molecular complexity index is 1770. The van der Waals surface area contributed by atoms with Crippen LogP contribution in [-0.2, 0) is 33.2 Å². The van der Waals surface area contributed by atoms with Crippen LogP contribution in [0.5, 0.6) is 0 Å². The number of carbonyl (C=O) groups is 1. The fourth-order valence-corrected chi connectivity index (χ4v) is 13.7. The quantitative estimate of drug-likeness (QED) is 0.0199. The number of hydrogen-bond acceptors (Lipinski definition) is 18. The molecule has 3 fully saturated rings. The van der Waals surface area contributed by atoms with Crippen molar-refractivity contribution in [2.75, 3.05) is 26.4 Å². The van der Waals surface area contributed by atoms with Crippen LogP contribution >= 0.6 is 0 Å². The van der Waals surface area contributed by atoms with Crippen LogP contribution in [0, 0.1) is 0 Å². The summed E-state index contributed by atoms with van der Waals surface area (Å²) in [6.45, 7) is 1.79. The van der Waals surface area contributed by atoms with E-state index in [-0.39, 0.29) is 18.9 Å². The summed E-state index contributed by atoms with van der Waals surface area (Å²) in [5, 5.41) is 121. The van der Waals surface area contributed by atoms with Crippen molar-refractivity contribution in [1.29, 1.82) is 0 Å². The van der Waals surface area contributed by atoms with Gasteiger partial charge in [0.15, 0.2) is 18.9 Å². The Hall–Kier alpha value is -1.47. The largest absolute Gasteiger partial charge is 0.394 e. The zero-order valence-electron chi connectivity index (χ0n) is 59.9. The second kappa shape index (κ2) is 58.1. The van der Waals surface area contributed by atoms with E-state index in [0.717, 1.165) is 44.9 Å². The van der Waals surface area contributed by atoms with Gasteiger partial charge in [-0.3, -0.25) is 4.79 Å². The number of ether oxygens (including phenoxy) is 6. The summed E-state index contributed by atoms with van der Waals surface area (Å²) in [6, 6.07) is -0.969. The lowest BCUT2D eigenvalue weighted by atomic mass is 9.96. The molecule has 19 nitrogen and oxygen atoms in total. The number of nitrogens with one attached hydrogen (secondary N) is 1. The molecule has 3 aliphatic rings. The number of rotatable bonds is 63. The number of aliphatic hydroxyl groups excluding tert-OH is 11. The molecule has 3 saturated heterocycles. The maximum absolute atomic E-state index is 13.4. The molecule has 17 unspecified atom stereocenters. The van der Waals surface area contributed by atoms with Crippen molar-refractivity contribution < 1.29 is 89.4 Å². The Labute approximate surface area is 576 Å². The van der Waals surface area contributed by atoms with Crippen LogP contribution < -0.4 is 5.32 Å². The minimum Gasteiger partial charge on any atom is -0.394 e. The number of unbranched alkanes of at least 4 members (excludes halogenated alkanes) is 47. The number of aliphatic hydroxyl groups is 11. The van der Waals surface area contributed by atoms with E-state index in [1.165, 1.54) is 263 Å². The smallest absolute Gasteiger partial charge is 0.220 e. The average molecular weight is 1360 g/mol. The molecular formula is C76H145NO18. The summed E-state index contributed by atoms with van der Waals surface area (Å²) < 4.78 is 34.4. The first-order valence-corrected chi connectivity index (χ1v) is 39.4. The van der Waals surface area contributed by atoms with Crippen molar-refractivity contribution in [3.05, 3.63) is 12.2 Å². The molecule has 12 N–H and O–H groups in total. The third-order valence-electron chi connectivity index (χ3n) is 20.1. The molecule has 17 atom stereocenters. The van der Waals surface area contributed by atoms with Gasteiger partial charge in [-0.1, -0.05) is 321 Å². The lowest BCUT2D eigenvalue weighted by Gasteiger charge is -2.48. The molecule has 0 spiro atoms. The topological polar surface area (TPSA) is 307 Å². The first-order chi connectivity index (χ1) is 46.3. The number of hydrogen-bond donors (Lipinski definition) is 12. The SMILES string of the molecule is CCCCCCCCCCCCCCCCCCCCCCCCCCCCCCCC/C=C/C(O)C(COC1OC(CO)C(OC2OC(CO)C(OC3OC(CO)C(O)C(O)C3O)C(O)C2O)C(O)C1O)NC(=O)CCCCCCCCCCCCCCCCCCCC. The van der Waals surface area contributed by atoms with Crippen molar-refractivity contribution in [1.82, 2.24) is 5.32 Å². The Morgan fingerprint density at radius 3 is 0.989 bits per heavy atom. The number of allylic oxidation sites excluding steroid dienone is 1. The summed E-state index contributed by atoms with van der Waals surface area (Å²) in [5.74, 6) is -0.268. The molecule has 95 heavy (non-hydrogen) atoms. The summed E-state index contributed by atoms with van der Waals surface area (Å²) in [7, 11) is 0. The molecule has 0 saturated carbocycles. The summed E-state index contributed by atoms with van der Waals surface area (Å²) >= 11 is 0. The summed E-state index contributed by atoms with van der Waals surface area (Å²) in [6.07, 6.45) is 40.6. The third-order valence-corrected chi connectivity index (χ3v) is 20.1. The van der Waals surface area contributed by atoms with Gasteiger partial charge in [0, 0.05) is 6.42 Å². The Balaban J connectivity index is 1.37. The molecule has 0 aromatic heterocycles. The second-order valence-electron chi connectivity index (χ2n) is 28.5. The Kier molecular flexibility index (Phi) is 53.6. The van der Waals surface area contributed by atoms with Gasteiger partial charge < -0.3 is 89.9 Å². The van der Waals surface area contributed by atoms with Crippen molar-refractivity contribution >= 4 is 5.91 Å². The van der Waals surface area contributed by atoms with Gasteiger partial charge in [0.1, 0.15) is 73.2 Å². The molecule has 3 rings (SSSR count). The fraction of sp³-hybridized carbons (Fsp3) is 0.961. The highest BCUT2D eigenvalue weighted by molar-refractivity contribution is 5.76. The first kappa shape index (κ1) is 87.7. The zero-order chi connectivity index (χ0) is 68.9. The minimum atomic E-state index is -1.98. The Morgan fingerprint density at radius 2 is 0.653 bits per heavy atom. The standard InChI is InChI=1S/C76H145NO18/c1-3-5-7-9-11-13-15-17-19-21-23-24-25-26-27-28-29-30-31-32-33-34-35-36-37-39-41-43-45-47-49-51-53-60(81)59(77-64(82)54-52-50-48-46-44-42-40-38-22-20-18-16-14-12-10-8-6-4-2)58-90-74-70(88)67(85)72(62(56-79)92-74)95-76-71(89)68(86)73(63(57-80)93-76)94-75-69(87)66(84)65(83)61(55-78)91-75/h51,53,59-63,65-76,78-81,83-89H,3-50,52,54-58H2,1-2H3,(H,77,82)/b53-51+. The monoisotopic (exact) mass is 1360 g/mol. The average Bonchev–Trinajstić information content (AvgIpc) is 0.787. The predicted molar refractivity (Wildman–Crippen MR) is 374 cm³/mol. The minimum absolute atomic E-state index is 0.250. The lowest BCUT2D eigenvalue weighted by molar-refractivity contribution is -0.379. The first-order valence-electron chi connectivity index (χ1n) is 39.4. The van der Waals surface area contributed by atoms with Crippen LogP contribution in [0.1, 0.15) is 335 Å².